The van der Waals surface area contributed by atoms with Crippen LogP contribution in [0, 0.1) is 5.82 Å². The zero-order valence-electron chi connectivity index (χ0n) is 15.7. The molecule has 0 radical (unpaired) electrons. The van der Waals surface area contributed by atoms with Gasteiger partial charge in [-0.2, -0.15) is 0 Å². The van der Waals surface area contributed by atoms with Gasteiger partial charge in [-0.25, -0.2) is 12.8 Å². The van der Waals surface area contributed by atoms with E-state index in [1.54, 1.807) is 54.6 Å². The first-order valence-electron chi connectivity index (χ1n) is 9.15. The molecule has 0 fully saturated rings. The minimum Gasteiger partial charge on any atom is -0.322 e. The quantitative estimate of drug-likeness (QED) is 0.700. The van der Waals surface area contributed by atoms with Gasteiger partial charge in [-0.05, 0) is 67.4 Å². The summed E-state index contributed by atoms with van der Waals surface area (Å²) in [7, 11) is -3.70. The highest BCUT2D eigenvalue weighted by Crippen LogP contribution is 2.37. The molecule has 3 aromatic rings. The van der Waals surface area contributed by atoms with Gasteiger partial charge in [-0.3, -0.25) is 9.10 Å². The topological polar surface area (TPSA) is 66.5 Å². The van der Waals surface area contributed by atoms with Crippen molar-refractivity contribution in [2.75, 3.05) is 9.62 Å². The van der Waals surface area contributed by atoms with Gasteiger partial charge in [0.25, 0.3) is 15.9 Å². The first kappa shape index (κ1) is 19.1. The zero-order chi connectivity index (χ0) is 20.6. The van der Waals surface area contributed by atoms with Crippen molar-refractivity contribution in [3.8, 4) is 0 Å². The van der Waals surface area contributed by atoms with E-state index in [1.165, 1.54) is 22.5 Å². The summed E-state index contributed by atoms with van der Waals surface area (Å²) < 4.78 is 41.0. The summed E-state index contributed by atoms with van der Waals surface area (Å²) in [6.07, 6.45) is 0.502. The van der Waals surface area contributed by atoms with Crippen molar-refractivity contribution >= 4 is 27.3 Å². The fraction of sp³-hybridized carbons (Fsp3) is 0.136. The number of fused-ring (bicyclic) bond motifs is 1. The lowest BCUT2D eigenvalue weighted by atomic mass is 10.1. The SMILES string of the molecule is C[C@@H]1Cc2cc(C(=O)Nc3cccc(F)c3)ccc2N1S(=O)(=O)c1ccccc1. The molecule has 148 valence electrons. The van der Waals surface area contributed by atoms with Crippen LogP contribution in [0.4, 0.5) is 15.8 Å². The lowest BCUT2D eigenvalue weighted by Crippen LogP contribution is -2.35. The van der Waals surface area contributed by atoms with Gasteiger partial charge in [0, 0.05) is 17.3 Å². The molecule has 0 bridgehead atoms. The molecule has 0 saturated carbocycles. The van der Waals surface area contributed by atoms with Crippen LogP contribution in [0.25, 0.3) is 0 Å². The molecule has 1 N–H and O–H groups in total. The predicted octanol–water partition coefficient (Wildman–Crippen LogP) is 4.22. The smallest absolute Gasteiger partial charge is 0.264 e. The highest BCUT2D eigenvalue weighted by molar-refractivity contribution is 7.92. The minimum absolute atomic E-state index is 0.229. The molecular weight excluding hydrogens is 391 g/mol. The summed E-state index contributed by atoms with van der Waals surface area (Å²) in [5.41, 5.74) is 2.10. The van der Waals surface area contributed by atoms with E-state index in [1.807, 2.05) is 6.92 Å². The van der Waals surface area contributed by atoms with Crippen LogP contribution in [0.15, 0.2) is 77.7 Å². The standard InChI is InChI=1S/C22H19FN2O3S/c1-15-12-17-13-16(22(26)24-19-7-5-6-18(23)14-19)10-11-21(17)25(15)29(27,28)20-8-3-2-4-9-20/h2-11,13-15H,12H2,1H3,(H,24,26)/t15-/m1/s1. The summed E-state index contributed by atoms with van der Waals surface area (Å²) >= 11 is 0. The van der Waals surface area contributed by atoms with Crippen molar-refractivity contribution < 1.29 is 17.6 Å². The van der Waals surface area contributed by atoms with E-state index >= 15 is 0 Å². The Kier molecular flexibility index (Phi) is 4.84. The third kappa shape index (κ3) is 3.61. The first-order chi connectivity index (χ1) is 13.9. The predicted molar refractivity (Wildman–Crippen MR) is 110 cm³/mol. The number of benzene rings is 3. The molecule has 4 rings (SSSR count). The van der Waals surface area contributed by atoms with Crippen molar-refractivity contribution in [1.82, 2.24) is 0 Å². The van der Waals surface area contributed by atoms with Crippen molar-refractivity contribution in [3.05, 3.63) is 89.7 Å². The van der Waals surface area contributed by atoms with E-state index in [9.17, 15) is 17.6 Å². The van der Waals surface area contributed by atoms with Crippen LogP contribution in [0.5, 0.6) is 0 Å². The number of halogens is 1. The van der Waals surface area contributed by atoms with Crippen molar-refractivity contribution in [2.24, 2.45) is 0 Å². The number of hydrogen-bond acceptors (Lipinski definition) is 3. The highest BCUT2D eigenvalue weighted by Gasteiger charge is 2.36. The number of carbonyl (C=O) groups is 1. The molecule has 0 unspecified atom stereocenters. The molecule has 7 heteroatoms. The maximum Gasteiger partial charge on any atom is 0.264 e. The van der Waals surface area contributed by atoms with Crippen LogP contribution in [0.1, 0.15) is 22.8 Å². The van der Waals surface area contributed by atoms with E-state index in [0.717, 1.165) is 5.56 Å². The number of nitrogens with one attached hydrogen (secondary N) is 1. The Balaban J connectivity index is 1.63. The molecule has 1 amide bonds. The Morgan fingerprint density at radius 2 is 1.79 bits per heavy atom. The molecule has 0 spiro atoms. The van der Waals surface area contributed by atoms with Gasteiger partial charge in [-0.15, -0.1) is 0 Å². The fourth-order valence-electron chi connectivity index (χ4n) is 3.59. The average molecular weight is 410 g/mol. The Labute approximate surface area is 168 Å². The number of sulfonamides is 1. The molecule has 0 aliphatic carbocycles. The van der Waals surface area contributed by atoms with E-state index in [0.29, 0.717) is 23.4 Å². The Bertz CT molecular complexity index is 1180. The number of anilines is 2. The maximum atomic E-state index is 13.3. The van der Waals surface area contributed by atoms with Crippen molar-refractivity contribution in [2.45, 2.75) is 24.3 Å². The molecule has 1 atom stereocenters. The van der Waals surface area contributed by atoms with Gasteiger partial charge in [0.1, 0.15) is 5.82 Å². The second-order valence-electron chi connectivity index (χ2n) is 6.98. The first-order valence-corrected chi connectivity index (χ1v) is 10.6. The summed E-state index contributed by atoms with van der Waals surface area (Å²) in [5, 5.41) is 2.66. The molecule has 1 heterocycles. The monoisotopic (exact) mass is 410 g/mol. The maximum absolute atomic E-state index is 13.3. The van der Waals surface area contributed by atoms with Crippen molar-refractivity contribution in [3.63, 3.8) is 0 Å². The second-order valence-corrected chi connectivity index (χ2v) is 8.79. The Morgan fingerprint density at radius 1 is 1.03 bits per heavy atom. The second kappa shape index (κ2) is 7.33. The van der Waals surface area contributed by atoms with Crippen LogP contribution in [0.2, 0.25) is 0 Å². The van der Waals surface area contributed by atoms with E-state index in [-0.39, 0.29) is 16.8 Å². The molecule has 1 aliphatic rings. The van der Waals surface area contributed by atoms with Crippen LogP contribution >= 0.6 is 0 Å². The van der Waals surface area contributed by atoms with Gasteiger partial charge in [-0.1, -0.05) is 24.3 Å². The van der Waals surface area contributed by atoms with E-state index in [4.69, 9.17) is 0 Å². The number of hydrogen-bond donors (Lipinski definition) is 1. The van der Waals surface area contributed by atoms with E-state index < -0.39 is 15.8 Å². The van der Waals surface area contributed by atoms with Crippen molar-refractivity contribution in [1.29, 1.82) is 0 Å². The van der Waals surface area contributed by atoms with Crippen LogP contribution in [-0.2, 0) is 16.4 Å². The largest absolute Gasteiger partial charge is 0.322 e. The number of nitrogens with zero attached hydrogens (tertiary/aromatic N) is 1. The molecule has 1 aliphatic heterocycles. The minimum atomic E-state index is -3.70. The van der Waals surface area contributed by atoms with E-state index in [2.05, 4.69) is 5.32 Å². The summed E-state index contributed by atoms with van der Waals surface area (Å²) in [6.45, 7) is 1.84. The number of amides is 1. The fourth-order valence-corrected chi connectivity index (χ4v) is 5.30. The van der Waals surface area contributed by atoms with Gasteiger partial charge in [0.15, 0.2) is 0 Å². The number of carbonyl (C=O) groups excluding carboxylic acids is 1. The summed E-state index contributed by atoms with van der Waals surface area (Å²) in [5.74, 6) is -0.817. The average Bonchev–Trinajstić information content (AvgIpc) is 3.04. The van der Waals surface area contributed by atoms with Gasteiger partial charge in [0.2, 0.25) is 0 Å². The van der Waals surface area contributed by atoms with Crippen LogP contribution < -0.4 is 9.62 Å². The van der Waals surface area contributed by atoms with Gasteiger partial charge < -0.3 is 5.32 Å². The van der Waals surface area contributed by atoms with Gasteiger partial charge in [0.05, 0.1) is 10.6 Å². The third-order valence-electron chi connectivity index (χ3n) is 4.88. The third-order valence-corrected chi connectivity index (χ3v) is 6.82. The molecular formula is C22H19FN2O3S. The molecule has 29 heavy (non-hydrogen) atoms. The summed E-state index contributed by atoms with van der Waals surface area (Å²) in [6, 6.07) is 18.6. The lowest BCUT2D eigenvalue weighted by molar-refractivity contribution is 0.102. The Morgan fingerprint density at radius 3 is 2.52 bits per heavy atom. The van der Waals surface area contributed by atoms with Gasteiger partial charge >= 0.3 is 0 Å². The normalized spacial score (nSPS) is 15.8. The van der Waals surface area contributed by atoms with Crippen LogP contribution in [0.3, 0.4) is 0 Å². The Hall–Kier alpha value is -3.19. The summed E-state index contributed by atoms with van der Waals surface area (Å²) in [4.78, 5) is 12.8. The molecule has 0 aromatic heterocycles. The highest BCUT2D eigenvalue weighted by atomic mass is 32.2. The van der Waals surface area contributed by atoms with Crippen LogP contribution in [-0.4, -0.2) is 20.4 Å². The lowest BCUT2D eigenvalue weighted by Gasteiger charge is -2.24. The molecule has 5 nitrogen and oxygen atoms in total. The zero-order valence-corrected chi connectivity index (χ0v) is 16.5. The molecule has 0 saturated heterocycles. The number of rotatable bonds is 4. The molecule has 3 aromatic carbocycles.